The van der Waals surface area contributed by atoms with Crippen LogP contribution in [-0.2, 0) is 0 Å². The molecule has 0 amide bonds. The first-order valence-corrected chi connectivity index (χ1v) is 10.2. The first-order valence-electron chi connectivity index (χ1n) is 8.38. The molecule has 1 heterocycles. The molecule has 0 aliphatic rings. The van der Waals surface area contributed by atoms with Crippen molar-refractivity contribution in [3.8, 4) is 11.5 Å². The molecule has 27 heavy (non-hydrogen) atoms. The quantitative estimate of drug-likeness (QED) is 0.520. The molecule has 2 aromatic carbocycles. The van der Waals surface area contributed by atoms with Gasteiger partial charge in [-0.3, -0.25) is 0 Å². The Morgan fingerprint density at radius 1 is 1.15 bits per heavy atom. The van der Waals surface area contributed by atoms with E-state index in [9.17, 15) is 5.11 Å². The minimum atomic E-state index is -0.592. The molecule has 0 aliphatic heterocycles. The minimum absolute atomic E-state index is 0.237. The van der Waals surface area contributed by atoms with E-state index in [0.717, 1.165) is 21.5 Å². The van der Waals surface area contributed by atoms with Crippen LogP contribution < -0.4 is 14.8 Å². The molecule has 0 saturated heterocycles. The monoisotopic (exact) mass is 403 g/mol. The van der Waals surface area contributed by atoms with Crippen molar-refractivity contribution in [2.45, 2.75) is 17.4 Å². The molecule has 0 aliphatic carbocycles. The lowest BCUT2D eigenvalue weighted by Gasteiger charge is -2.11. The summed E-state index contributed by atoms with van der Waals surface area (Å²) in [6.07, 6.45) is -0.592. The van der Waals surface area contributed by atoms with Gasteiger partial charge in [0.15, 0.2) is 4.34 Å². The molecule has 6 nitrogen and oxygen atoms in total. The molecule has 0 unspecified atom stereocenters. The van der Waals surface area contributed by atoms with Crippen molar-refractivity contribution < 1.29 is 14.6 Å². The summed E-state index contributed by atoms with van der Waals surface area (Å²) in [5, 5.41) is 22.3. The third-order valence-corrected chi connectivity index (χ3v) is 5.73. The normalized spacial score (nSPS) is 11.8. The average Bonchev–Trinajstić information content (AvgIpc) is 3.14. The zero-order valence-electron chi connectivity index (χ0n) is 15.1. The summed E-state index contributed by atoms with van der Waals surface area (Å²) in [5.41, 5.74) is 2.01. The largest absolute Gasteiger partial charge is 0.495 e. The Balaban J connectivity index is 1.46. The predicted molar refractivity (Wildman–Crippen MR) is 110 cm³/mol. The van der Waals surface area contributed by atoms with Crippen LogP contribution in [0.15, 0.2) is 52.9 Å². The molecular formula is C19H21N3O3S2. The minimum Gasteiger partial charge on any atom is -0.495 e. The van der Waals surface area contributed by atoms with E-state index >= 15 is 0 Å². The smallest absolute Gasteiger partial charge is 0.210 e. The third-order valence-electron chi connectivity index (χ3n) is 3.62. The Labute approximate surface area is 166 Å². The second kappa shape index (κ2) is 9.59. The maximum absolute atomic E-state index is 10.1. The van der Waals surface area contributed by atoms with Crippen molar-refractivity contribution in [3.05, 3.63) is 54.1 Å². The van der Waals surface area contributed by atoms with Crippen LogP contribution in [0.4, 0.5) is 10.8 Å². The van der Waals surface area contributed by atoms with Gasteiger partial charge in [0.05, 0.1) is 18.9 Å². The van der Waals surface area contributed by atoms with Crippen molar-refractivity contribution in [3.63, 3.8) is 0 Å². The zero-order valence-corrected chi connectivity index (χ0v) is 16.7. The van der Waals surface area contributed by atoms with Crippen LogP contribution in [0, 0.1) is 6.92 Å². The molecule has 0 radical (unpaired) electrons. The van der Waals surface area contributed by atoms with Gasteiger partial charge in [0.1, 0.15) is 18.1 Å². The maximum atomic E-state index is 10.1. The van der Waals surface area contributed by atoms with Gasteiger partial charge < -0.3 is 19.9 Å². The van der Waals surface area contributed by atoms with E-state index in [1.54, 1.807) is 7.11 Å². The number of ether oxygens (including phenoxy) is 2. The Kier molecular flexibility index (Phi) is 6.92. The molecule has 3 aromatic rings. The topological polar surface area (TPSA) is 76.5 Å². The van der Waals surface area contributed by atoms with Gasteiger partial charge in [0.2, 0.25) is 5.13 Å². The van der Waals surface area contributed by atoms with Crippen molar-refractivity contribution >= 4 is 33.9 Å². The number of methoxy groups -OCH3 is 1. The summed E-state index contributed by atoms with van der Waals surface area (Å²) in [4.78, 5) is 0. The number of para-hydroxylation sites is 2. The molecule has 0 bridgehead atoms. The number of thioether (sulfide) groups is 1. The summed E-state index contributed by atoms with van der Waals surface area (Å²) < 4.78 is 11.7. The number of nitrogens with one attached hydrogen (secondary N) is 1. The van der Waals surface area contributed by atoms with Crippen molar-refractivity contribution in [1.82, 2.24) is 10.2 Å². The van der Waals surface area contributed by atoms with Crippen LogP contribution in [0.1, 0.15) is 5.56 Å². The van der Waals surface area contributed by atoms with Crippen LogP contribution >= 0.6 is 23.1 Å². The Morgan fingerprint density at radius 2 is 1.93 bits per heavy atom. The van der Waals surface area contributed by atoms with E-state index in [4.69, 9.17) is 9.47 Å². The first-order chi connectivity index (χ1) is 13.1. The molecule has 3 rings (SSSR count). The summed E-state index contributed by atoms with van der Waals surface area (Å²) >= 11 is 2.88. The molecule has 0 saturated carbocycles. The van der Waals surface area contributed by atoms with E-state index in [2.05, 4.69) is 15.5 Å². The van der Waals surface area contributed by atoms with Crippen LogP contribution in [0.3, 0.4) is 0 Å². The first kappa shape index (κ1) is 19.5. The fourth-order valence-corrected chi connectivity index (χ4v) is 3.92. The molecule has 0 spiro atoms. The van der Waals surface area contributed by atoms with Gasteiger partial charge in [-0.2, -0.15) is 0 Å². The number of aryl methyl sites for hydroxylation is 1. The van der Waals surface area contributed by atoms with Gasteiger partial charge in [-0.1, -0.05) is 52.9 Å². The van der Waals surface area contributed by atoms with Crippen LogP contribution in [0.2, 0.25) is 0 Å². The van der Waals surface area contributed by atoms with Crippen molar-refractivity contribution in [2.75, 3.05) is 24.8 Å². The number of benzene rings is 2. The van der Waals surface area contributed by atoms with E-state index in [-0.39, 0.29) is 6.61 Å². The lowest BCUT2D eigenvalue weighted by Crippen LogP contribution is -2.20. The van der Waals surface area contributed by atoms with E-state index in [1.807, 2.05) is 55.5 Å². The number of aliphatic hydroxyl groups excluding tert-OH is 1. The second-order valence-electron chi connectivity index (χ2n) is 5.79. The molecule has 8 heteroatoms. The number of nitrogens with zero attached hydrogens (tertiary/aromatic N) is 2. The highest BCUT2D eigenvalue weighted by atomic mass is 32.2. The van der Waals surface area contributed by atoms with E-state index in [1.165, 1.54) is 28.7 Å². The number of aromatic nitrogens is 2. The standard InChI is InChI=1S/C19H21N3O3S2/c1-13-7-9-15(10-8-13)25-11-14(23)12-26-19-22-21-18(27-19)20-16-5-3-4-6-17(16)24-2/h3-10,14,23H,11-12H2,1-2H3,(H,20,21)/t14-/m0/s1. The van der Waals surface area contributed by atoms with Crippen LogP contribution in [0.25, 0.3) is 0 Å². The SMILES string of the molecule is COc1ccccc1Nc1nnc(SC[C@@H](O)COc2ccc(C)cc2)s1. The number of anilines is 2. The highest BCUT2D eigenvalue weighted by molar-refractivity contribution is 8.01. The number of aliphatic hydroxyl groups is 1. The van der Waals surface area contributed by atoms with Crippen LogP contribution in [0.5, 0.6) is 11.5 Å². The lowest BCUT2D eigenvalue weighted by atomic mass is 10.2. The Hall–Kier alpha value is -2.29. The van der Waals surface area contributed by atoms with Gasteiger partial charge in [0, 0.05) is 5.75 Å². The third kappa shape index (κ3) is 5.85. The molecule has 142 valence electrons. The lowest BCUT2D eigenvalue weighted by molar-refractivity contribution is 0.126. The van der Waals surface area contributed by atoms with Gasteiger partial charge in [-0.05, 0) is 31.2 Å². The molecule has 1 aromatic heterocycles. The second-order valence-corrected chi connectivity index (χ2v) is 8.03. The van der Waals surface area contributed by atoms with Gasteiger partial charge in [-0.15, -0.1) is 10.2 Å². The average molecular weight is 404 g/mol. The summed E-state index contributed by atoms with van der Waals surface area (Å²) in [5.74, 6) is 1.98. The fraction of sp³-hybridized carbons (Fsp3) is 0.263. The number of hydrogen-bond acceptors (Lipinski definition) is 8. The fourth-order valence-electron chi connectivity index (χ4n) is 2.22. The summed E-state index contributed by atoms with van der Waals surface area (Å²) in [6, 6.07) is 15.4. The summed E-state index contributed by atoms with van der Waals surface area (Å²) in [6.45, 7) is 2.26. The number of rotatable bonds is 9. The predicted octanol–water partition coefficient (Wildman–Crippen LogP) is 4.13. The molecule has 1 atom stereocenters. The Morgan fingerprint density at radius 3 is 2.70 bits per heavy atom. The van der Waals surface area contributed by atoms with Crippen molar-refractivity contribution in [2.24, 2.45) is 0 Å². The molecular weight excluding hydrogens is 382 g/mol. The van der Waals surface area contributed by atoms with Crippen molar-refractivity contribution in [1.29, 1.82) is 0 Å². The van der Waals surface area contributed by atoms with E-state index in [0.29, 0.717) is 10.9 Å². The van der Waals surface area contributed by atoms with E-state index < -0.39 is 6.10 Å². The number of hydrogen-bond donors (Lipinski definition) is 2. The van der Waals surface area contributed by atoms with Gasteiger partial charge >= 0.3 is 0 Å². The highest BCUT2D eigenvalue weighted by Crippen LogP contribution is 2.31. The molecule has 2 N–H and O–H groups in total. The van der Waals surface area contributed by atoms with Gasteiger partial charge in [0.25, 0.3) is 0 Å². The van der Waals surface area contributed by atoms with Gasteiger partial charge in [-0.25, -0.2) is 0 Å². The highest BCUT2D eigenvalue weighted by Gasteiger charge is 2.11. The maximum Gasteiger partial charge on any atom is 0.210 e. The zero-order chi connectivity index (χ0) is 19.1. The molecule has 0 fully saturated rings. The summed E-state index contributed by atoms with van der Waals surface area (Å²) in [7, 11) is 1.63. The Bertz CT molecular complexity index is 855. The van der Waals surface area contributed by atoms with Crippen LogP contribution in [-0.4, -0.2) is 40.9 Å².